The van der Waals surface area contributed by atoms with Gasteiger partial charge in [0.25, 0.3) is 0 Å². The zero-order chi connectivity index (χ0) is 9.14. The van der Waals surface area contributed by atoms with Crippen molar-refractivity contribution in [1.29, 1.82) is 0 Å². The molecule has 68 valence electrons. The first-order chi connectivity index (χ1) is 5.66. The van der Waals surface area contributed by atoms with Crippen molar-refractivity contribution in [3.8, 4) is 0 Å². The van der Waals surface area contributed by atoms with Gasteiger partial charge < -0.3 is 9.26 Å². The zero-order valence-electron chi connectivity index (χ0n) is 6.84. The first kappa shape index (κ1) is 12.5. The molecule has 6 heteroatoms. The van der Waals surface area contributed by atoms with Gasteiger partial charge in [-0.2, -0.15) is 0 Å². The number of aromatic nitrogens is 1. The van der Waals surface area contributed by atoms with Gasteiger partial charge >= 0.3 is 41.2 Å². The van der Waals surface area contributed by atoms with Crippen LogP contribution < -0.4 is 5.63 Å². The molecule has 0 amide bonds. The van der Waals surface area contributed by atoms with Crippen LogP contribution in [-0.4, -0.2) is 47.3 Å². The summed E-state index contributed by atoms with van der Waals surface area (Å²) < 4.78 is 9.01. The summed E-state index contributed by atoms with van der Waals surface area (Å²) in [6.45, 7) is 3.47. The molecule has 1 aromatic rings. The first-order valence-electron chi connectivity index (χ1n) is 3.52. The average molecular weight is 195 g/mol. The summed E-state index contributed by atoms with van der Waals surface area (Å²) in [7, 11) is 0. The molecular weight excluding hydrogens is 185 g/mol. The van der Waals surface area contributed by atoms with Crippen LogP contribution in [0.25, 0.3) is 0 Å². The molecule has 1 rings (SSSR count). The average Bonchev–Trinajstić information content (AvgIpc) is 2.32. The summed E-state index contributed by atoms with van der Waals surface area (Å²) >= 11 is 0. The maximum atomic E-state index is 11.0. The number of aromatic amines is 1. The number of H-pyrrole nitrogens is 1. The molecule has 5 nitrogen and oxygen atoms in total. The van der Waals surface area contributed by atoms with Crippen molar-refractivity contribution in [3.63, 3.8) is 0 Å². The number of carbonyl (C=O) groups is 1. The molecule has 1 N–H and O–H groups in total. The fourth-order valence-corrected chi connectivity index (χ4v) is 0.818. The Balaban J connectivity index is 0.00000144. The summed E-state index contributed by atoms with van der Waals surface area (Å²) in [5.41, 5.74) is -0.360. The Morgan fingerprint density at radius 3 is 2.62 bits per heavy atom. The van der Waals surface area contributed by atoms with E-state index in [1.807, 2.05) is 0 Å². The minimum absolute atomic E-state index is 0. The van der Waals surface area contributed by atoms with Crippen molar-refractivity contribution in [3.05, 3.63) is 21.7 Å². The molecule has 0 atom stereocenters. The monoisotopic (exact) mass is 195 g/mol. The molecular formula is C7H10NNaO4. The normalized spacial score (nSPS) is 9.08. The molecule has 0 bridgehead atoms. The number of hydrogen-bond donors (Lipinski definition) is 1. The van der Waals surface area contributed by atoms with E-state index in [0.717, 1.165) is 0 Å². The molecule has 0 saturated heterocycles. The van der Waals surface area contributed by atoms with E-state index in [1.165, 1.54) is 0 Å². The third kappa shape index (κ3) is 2.72. The van der Waals surface area contributed by atoms with Gasteiger partial charge in [-0.15, -0.1) is 0 Å². The number of hydrogen-bond acceptors (Lipinski definition) is 4. The van der Waals surface area contributed by atoms with Crippen molar-refractivity contribution < 1.29 is 14.1 Å². The van der Waals surface area contributed by atoms with E-state index < -0.39 is 11.6 Å². The minimum atomic E-state index is -0.689. The van der Waals surface area contributed by atoms with Crippen LogP contribution in [0.4, 0.5) is 0 Å². The Hall–Kier alpha value is -0.520. The quantitative estimate of drug-likeness (QED) is 0.524. The molecule has 0 aliphatic heterocycles. The number of carbonyl (C=O) groups excluding carboxylic acids is 1. The van der Waals surface area contributed by atoms with Crippen LogP contribution in [0.15, 0.2) is 9.32 Å². The van der Waals surface area contributed by atoms with Crippen molar-refractivity contribution in [2.75, 3.05) is 6.61 Å². The summed E-state index contributed by atoms with van der Waals surface area (Å²) in [4.78, 5) is 21.9. The number of ether oxygens (including phenoxy) is 1. The Morgan fingerprint density at radius 1 is 1.62 bits per heavy atom. The second-order valence-electron chi connectivity index (χ2n) is 2.21. The third-order valence-corrected chi connectivity index (χ3v) is 1.36. The fraction of sp³-hybridized carbons (Fsp3) is 0.429. The second-order valence-corrected chi connectivity index (χ2v) is 2.21. The van der Waals surface area contributed by atoms with Gasteiger partial charge in [-0.1, -0.05) is 0 Å². The van der Waals surface area contributed by atoms with Crippen LogP contribution in [-0.2, 0) is 4.74 Å². The van der Waals surface area contributed by atoms with Crippen LogP contribution in [0.1, 0.15) is 23.0 Å². The van der Waals surface area contributed by atoms with Crippen LogP contribution in [0.5, 0.6) is 0 Å². The maximum absolute atomic E-state index is 11.0. The summed E-state index contributed by atoms with van der Waals surface area (Å²) in [5, 5.41) is 2.29. The van der Waals surface area contributed by atoms with Gasteiger partial charge in [-0.05, 0) is 13.8 Å². The summed E-state index contributed by atoms with van der Waals surface area (Å²) in [6, 6.07) is 0. The molecule has 0 aliphatic rings. The topological polar surface area (TPSA) is 72.3 Å². The Kier molecular flexibility index (Phi) is 5.05. The summed E-state index contributed by atoms with van der Waals surface area (Å²) in [5.74, 6) is -0.648. The number of aryl methyl sites for hydroxylation is 1. The SMILES string of the molecule is CCOC(=O)c1c(C)[nH]oc1=O.[NaH]. The molecule has 0 aliphatic carbocycles. The number of esters is 1. The predicted octanol–water partition coefficient (Wildman–Crippen LogP) is -0.195. The molecule has 13 heavy (non-hydrogen) atoms. The zero-order valence-corrected chi connectivity index (χ0v) is 6.84. The van der Waals surface area contributed by atoms with E-state index in [1.54, 1.807) is 13.8 Å². The Morgan fingerprint density at radius 2 is 2.23 bits per heavy atom. The molecule has 0 aromatic carbocycles. The van der Waals surface area contributed by atoms with Gasteiger partial charge in [0.05, 0.1) is 12.3 Å². The van der Waals surface area contributed by atoms with Crippen LogP contribution in [0.2, 0.25) is 0 Å². The molecule has 0 saturated carbocycles. The van der Waals surface area contributed by atoms with Gasteiger partial charge in [-0.25, -0.2) is 14.7 Å². The Bertz CT molecular complexity index is 341. The molecule has 0 unspecified atom stereocenters. The van der Waals surface area contributed by atoms with Gasteiger partial charge in [0.2, 0.25) is 0 Å². The number of nitrogens with one attached hydrogen (secondary N) is 1. The third-order valence-electron chi connectivity index (χ3n) is 1.36. The van der Waals surface area contributed by atoms with E-state index in [-0.39, 0.29) is 41.7 Å². The second kappa shape index (κ2) is 5.26. The molecule has 0 radical (unpaired) electrons. The van der Waals surface area contributed by atoms with Crippen molar-refractivity contribution in [2.45, 2.75) is 13.8 Å². The first-order valence-corrected chi connectivity index (χ1v) is 3.52. The van der Waals surface area contributed by atoms with Crippen LogP contribution in [0.3, 0.4) is 0 Å². The molecule has 1 heterocycles. The van der Waals surface area contributed by atoms with E-state index in [2.05, 4.69) is 14.4 Å². The van der Waals surface area contributed by atoms with Gasteiger partial charge in [0.1, 0.15) is 0 Å². The van der Waals surface area contributed by atoms with Gasteiger partial charge in [0.15, 0.2) is 5.56 Å². The fourth-order valence-electron chi connectivity index (χ4n) is 0.818. The van der Waals surface area contributed by atoms with Crippen molar-refractivity contribution >= 4 is 35.5 Å². The molecule has 1 aromatic heterocycles. The standard InChI is InChI=1S/C7H9NO4.Na.H/c1-3-11-6(9)5-4(2)8-12-7(5)10;;/h8H,3H2,1-2H3;;. The van der Waals surface area contributed by atoms with E-state index in [0.29, 0.717) is 5.69 Å². The van der Waals surface area contributed by atoms with Crippen molar-refractivity contribution in [1.82, 2.24) is 5.16 Å². The van der Waals surface area contributed by atoms with Crippen LogP contribution in [0, 0.1) is 6.92 Å². The van der Waals surface area contributed by atoms with E-state index in [4.69, 9.17) is 0 Å². The molecule has 0 fully saturated rings. The van der Waals surface area contributed by atoms with Gasteiger partial charge in [-0.3, -0.25) is 0 Å². The Labute approximate surface area is 96.7 Å². The predicted molar refractivity (Wildman–Crippen MR) is 47.2 cm³/mol. The van der Waals surface area contributed by atoms with E-state index in [9.17, 15) is 9.59 Å². The van der Waals surface area contributed by atoms with Gasteiger partial charge in [0, 0.05) is 0 Å². The number of rotatable bonds is 2. The van der Waals surface area contributed by atoms with E-state index >= 15 is 0 Å². The van der Waals surface area contributed by atoms with Crippen molar-refractivity contribution in [2.24, 2.45) is 0 Å². The van der Waals surface area contributed by atoms with Crippen LogP contribution >= 0.6 is 0 Å². The molecule has 0 spiro atoms. The summed E-state index contributed by atoms with van der Waals surface area (Å²) in [6.07, 6.45) is 0.